The van der Waals surface area contributed by atoms with E-state index in [1.165, 1.54) is 18.4 Å². The molecule has 114 valence electrons. The molecule has 3 heterocycles. The molecule has 0 spiro atoms. The van der Waals surface area contributed by atoms with E-state index in [9.17, 15) is 4.79 Å². The molecule has 21 heavy (non-hydrogen) atoms. The maximum atomic E-state index is 12.1. The normalized spacial score (nSPS) is 18.4. The smallest absolute Gasteiger partial charge is 0.319 e. The highest BCUT2D eigenvalue weighted by molar-refractivity contribution is 5.74. The first-order chi connectivity index (χ1) is 10.2. The lowest BCUT2D eigenvalue weighted by Gasteiger charge is -2.24. The van der Waals surface area contributed by atoms with Crippen LogP contribution in [0.3, 0.4) is 0 Å². The van der Waals surface area contributed by atoms with E-state index in [2.05, 4.69) is 14.9 Å². The summed E-state index contributed by atoms with van der Waals surface area (Å²) in [6.07, 6.45) is 5.82. The number of fused-ring (bicyclic) bond motifs is 1. The Balaban J connectivity index is 1.82. The Labute approximate surface area is 125 Å². The molecule has 1 aromatic heterocycles. The van der Waals surface area contributed by atoms with Crippen molar-refractivity contribution < 1.29 is 4.79 Å². The highest BCUT2D eigenvalue weighted by Gasteiger charge is 2.25. The summed E-state index contributed by atoms with van der Waals surface area (Å²) in [7, 11) is 3.60. The maximum Gasteiger partial charge on any atom is 0.319 e. The Hall–Kier alpha value is -1.85. The molecular formula is C15H23N5O. The summed E-state index contributed by atoms with van der Waals surface area (Å²) >= 11 is 0. The molecular weight excluding hydrogens is 266 g/mol. The number of amides is 2. The second-order valence-corrected chi connectivity index (χ2v) is 5.98. The van der Waals surface area contributed by atoms with E-state index in [4.69, 9.17) is 0 Å². The largest absolute Gasteiger partial charge is 0.356 e. The zero-order valence-electron chi connectivity index (χ0n) is 12.9. The Bertz CT molecular complexity index is 525. The van der Waals surface area contributed by atoms with Gasteiger partial charge in [0.25, 0.3) is 0 Å². The summed E-state index contributed by atoms with van der Waals surface area (Å²) < 4.78 is 0. The number of hydrogen-bond donors (Lipinski definition) is 0. The van der Waals surface area contributed by atoms with Gasteiger partial charge in [-0.3, -0.25) is 0 Å². The van der Waals surface area contributed by atoms with Crippen molar-refractivity contribution in [3.05, 3.63) is 17.6 Å². The molecule has 0 atom stereocenters. The maximum absolute atomic E-state index is 12.1. The second kappa shape index (κ2) is 5.87. The molecule has 2 aliphatic rings. The van der Waals surface area contributed by atoms with Crippen LogP contribution in [0, 0.1) is 0 Å². The SMILES string of the molecule is CN(C)C(=O)N1CCc2ncnc(N3CCCC3)c2CC1. The fourth-order valence-corrected chi connectivity index (χ4v) is 3.18. The standard InChI is InChI=1S/C15H23N5O/c1-18(2)15(21)20-9-5-12-13(6-10-20)16-11-17-14(12)19-7-3-4-8-19/h11H,3-10H2,1-2H3. The number of hydrogen-bond acceptors (Lipinski definition) is 4. The number of aromatic nitrogens is 2. The summed E-state index contributed by atoms with van der Waals surface area (Å²) in [6.45, 7) is 3.66. The predicted octanol–water partition coefficient (Wildman–Crippen LogP) is 1.16. The van der Waals surface area contributed by atoms with E-state index in [-0.39, 0.29) is 6.03 Å². The number of anilines is 1. The van der Waals surface area contributed by atoms with Gasteiger partial charge < -0.3 is 14.7 Å². The van der Waals surface area contributed by atoms with Crippen molar-refractivity contribution in [2.75, 3.05) is 45.2 Å². The monoisotopic (exact) mass is 289 g/mol. The van der Waals surface area contributed by atoms with Gasteiger partial charge in [-0.1, -0.05) is 0 Å². The lowest BCUT2D eigenvalue weighted by molar-refractivity contribution is 0.173. The molecule has 1 aromatic rings. The molecule has 0 N–H and O–H groups in total. The minimum absolute atomic E-state index is 0.0819. The van der Waals surface area contributed by atoms with E-state index in [0.29, 0.717) is 0 Å². The van der Waals surface area contributed by atoms with Crippen LogP contribution in [0.5, 0.6) is 0 Å². The van der Waals surface area contributed by atoms with Crippen LogP contribution in [0.15, 0.2) is 6.33 Å². The van der Waals surface area contributed by atoms with Crippen molar-refractivity contribution in [1.29, 1.82) is 0 Å². The summed E-state index contributed by atoms with van der Waals surface area (Å²) in [6, 6.07) is 0.0819. The zero-order chi connectivity index (χ0) is 14.8. The molecule has 0 saturated carbocycles. The molecule has 2 aliphatic heterocycles. The molecule has 0 bridgehead atoms. The predicted molar refractivity (Wildman–Crippen MR) is 81.5 cm³/mol. The van der Waals surface area contributed by atoms with Gasteiger partial charge in [0, 0.05) is 52.3 Å². The number of rotatable bonds is 1. The Kier molecular flexibility index (Phi) is 3.94. The third kappa shape index (κ3) is 2.80. The molecule has 2 amide bonds. The lowest BCUT2D eigenvalue weighted by atomic mass is 10.1. The average molecular weight is 289 g/mol. The topological polar surface area (TPSA) is 52.6 Å². The van der Waals surface area contributed by atoms with Crippen LogP contribution >= 0.6 is 0 Å². The number of carbonyl (C=O) groups excluding carboxylic acids is 1. The fraction of sp³-hybridized carbons (Fsp3) is 0.667. The van der Waals surface area contributed by atoms with Crippen LogP contribution < -0.4 is 4.90 Å². The van der Waals surface area contributed by atoms with Crippen molar-refractivity contribution in [1.82, 2.24) is 19.8 Å². The van der Waals surface area contributed by atoms with Gasteiger partial charge in [-0.05, 0) is 19.3 Å². The van der Waals surface area contributed by atoms with E-state index in [1.54, 1.807) is 25.3 Å². The molecule has 1 saturated heterocycles. The van der Waals surface area contributed by atoms with Crippen LogP contribution in [0.2, 0.25) is 0 Å². The van der Waals surface area contributed by atoms with Gasteiger partial charge in [0.1, 0.15) is 12.1 Å². The lowest BCUT2D eigenvalue weighted by Crippen LogP contribution is -2.40. The van der Waals surface area contributed by atoms with Crippen LogP contribution in [0.4, 0.5) is 10.6 Å². The van der Waals surface area contributed by atoms with Crippen LogP contribution in [0.1, 0.15) is 24.1 Å². The van der Waals surface area contributed by atoms with Crippen molar-refractivity contribution in [3.8, 4) is 0 Å². The van der Waals surface area contributed by atoms with Gasteiger partial charge in [0.05, 0.1) is 5.69 Å². The summed E-state index contributed by atoms with van der Waals surface area (Å²) in [5.74, 6) is 1.09. The van der Waals surface area contributed by atoms with Crippen molar-refractivity contribution in [2.24, 2.45) is 0 Å². The third-order valence-corrected chi connectivity index (χ3v) is 4.32. The first-order valence-electron chi connectivity index (χ1n) is 7.71. The summed E-state index contributed by atoms with van der Waals surface area (Å²) in [5.41, 5.74) is 2.36. The molecule has 0 unspecified atom stereocenters. The van der Waals surface area contributed by atoms with Crippen LogP contribution in [-0.4, -0.2) is 66.1 Å². The Morgan fingerprint density at radius 1 is 1.10 bits per heavy atom. The second-order valence-electron chi connectivity index (χ2n) is 5.98. The van der Waals surface area contributed by atoms with Crippen molar-refractivity contribution in [3.63, 3.8) is 0 Å². The van der Waals surface area contributed by atoms with Crippen molar-refractivity contribution in [2.45, 2.75) is 25.7 Å². The van der Waals surface area contributed by atoms with Gasteiger partial charge in [0.2, 0.25) is 0 Å². The van der Waals surface area contributed by atoms with Gasteiger partial charge in [-0.15, -0.1) is 0 Å². The first kappa shape index (κ1) is 14.1. The minimum Gasteiger partial charge on any atom is -0.356 e. The van der Waals surface area contributed by atoms with E-state index < -0.39 is 0 Å². The Morgan fingerprint density at radius 2 is 1.81 bits per heavy atom. The summed E-state index contributed by atoms with van der Waals surface area (Å²) in [5, 5.41) is 0. The molecule has 6 nitrogen and oxygen atoms in total. The van der Waals surface area contributed by atoms with Crippen LogP contribution in [0.25, 0.3) is 0 Å². The molecule has 0 aliphatic carbocycles. The zero-order valence-corrected chi connectivity index (χ0v) is 12.9. The van der Waals surface area contributed by atoms with Gasteiger partial charge in [-0.2, -0.15) is 0 Å². The minimum atomic E-state index is 0.0819. The number of urea groups is 1. The van der Waals surface area contributed by atoms with Gasteiger partial charge in [0.15, 0.2) is 0 Å². The van der Waals surface area contributed by atoms with E-state index in [1.807, 2.05) is 4.90 Å². The van der Waals surface area contributed by atoms with Crippen LogP contribution in [-0.2, 0) is 12.8 Å². The number of carbonyl (C=O) groups is 1. The van der Waals surface area contributed by atoms with E-state index >= 15 is 0 Å². The third-order valence-electron chi connectivity index (χ3n) is 4.32. The molecule has 1 fully saturated rings. The number of nitrogens with zero attached hydrogens (tertiary/aromatic N) is 5. The van der Waals surface area contributed by atoms with Crippen molar-refractivity contribution >= 4 is 11.8 Å². The average Bonchev–Trinajstić information content (AvgIpc) is 2.92. The van der Waals surface area contributed by atoms with Gasteiger partial charge >= 0.3 is 6.03 Å². The quantitative estimate of drug-likeness (QED) is 0.778. The Morgan fingerprint density at radius 3 is 2.52 bits per heavy atom. The molecule has 0 aromatic carbocycles. The molecule has 6 heteroatoms. The highest BCUT2D eigenvalue weighted by Crippen LogP contribution is 2.26. The molecule has 3 rings (SSSR count). The van der Waals surface area contributed by atoms with Gasteiger partial charge in [-0.25, -0.2) is 14.8 Å². The van der Waals surface area contributed by atoms with E-state index in [0.717, 1.165) is 50.5 Å². The molecule has 0 radical (unpaired) electrons. The first-order valence-corrected chi connectivity index (χ1v) is 7.71. The highest BCUT2D eigenvalue weighted by atomic mass is 16.2. The summed E-state index contributed by atoms with van der Waals surface area (Å²) in [4.78, 5) is 27.0. The fourth-order valence-electron chi connectivity index (χ4n) is 3.18.